The number of thiazole rings is 1. The number of hydrogen-bond donors (Lipinski definition) is 2. The number of nitrogens with two attached hydrogens (primary N) is 1. The molecule has 2 rings (SSSR count). The second kappa shape index (κ2) is 5.83. The number of sulfonamides is 1. The van der Waals surface area contributed by atoms with Crippen LogP contribution >= 0.6 is 11.3 Å². The highest BCUT2D eigenvalue weighted by Crippen LogP contribution is 2.40. The topological polar surface area (TPSA) is 96.5 Å². The van der Waals surface area contributed by atoms with Crippen molar-refractivity contribution < 1.29 is 13.5 Å². The summed E-state index contributed by atoms with van der Waals surface area (Å²) in [6.45, 7) is 7.54. The fourth-order valence-corrected chi connectivity index (χ4v) is 4.85. The molecule has 1 unspecified atom stereocenters. The zero-order valence-corrected chi connectivity index (χ0v) is 14.3. The molecule has 120 valence electrons. The number of anilines is 1. The fourth-order valence-electron chi connectivity index (χ4n) is 2.87. The van der Waals surface area contributed by atoms with Crippen LogP contribution in [0.1, 0.15) is 32.4 Å². The van der Waals surface area contributed by atoms with E-state index in [1.54, 1.807) is 6.92 Å². The normalized spacial score (nSPS) is 23.8. The third-order valence-electron chi connectivity index (χ3n) is 4.42. The highest BCUT2D eigenvalue weighted by atomic mass is 32.2. The molecule has 8 heteroatoms. The van der Waals surface area contributed by atoms with Crippen molar-refractivity contribution in [3.63, 3.8) is 0 Å². The van der Waals surface area contributed by atoms with Gasteiger partial charge in [-0.2, -0.15) is 0 Å². The van der Waals surface area contributed by atoms with Crippen molar-refractivity contribution in [1.29, 1.82) is 0 Å². The summed E-state index contributed by atoms with van der Waals surface area (Å²) in [6.07, 6.45) is 1.94. The van der Waals surface area contributed by atoms with E-state index in [9.17, 15) is 13.5 Å². The first-order valence-electron chi connectivity index (χ1n) is 7.05. The molecule has 0 aromatic carbocycles. The van der Waals surface area contributed by atoms with Gasteiger partial charge in [0.05, 0.1) is 12.3 Å². The molecule has 21 heavy (non-hydrogen) atoms. The molecular formula is C13H23N3O3S2. The van der Waals surface area contributed by atoms with Gasteiger partial charge >= 0.3 is 0 Å². The number of primary sulfonamides is 1. The standard InChI is InChI=1S/C13H23N3O3S2/c1-9(2)13(8-17)5-4-6-16(7-13)12-15-10(3)11(20-12)21(14,18)19/h9,17H,4-8H2,1-3H3,(H2,14,18,19). The molecule has 0 amide bonds. The van der Waals surface area contributed by atoms with Crippen LogP contribution in [0.25, 0.3) is 0 Å². The maximum atomic E-state index is 11.5. The Morgan fingerprint density at radius 3 is 2.67 bits per heavy atom. The van der Waals surface area contributed by atoms with Crippen molar-refractivity contribution in [3.8, 4) is 0 Å². The van der Waals surface area contributed by atoms with E-state index in [0.717, 1.165) is 30.7 Å². The van der Waals surface area contributed by atoms with Crippen molar-refractivity contribution in [3.05, 3.63) is 5.69 Å². The summed E-state index contributed by atoms with van der Waals surface area (Å²) in [5.74, 6) is 0.351. The van der Waals surface area contributed by atoms with Gasteiger partial charge in [-0.05, 0) is 25.7 Å². The van der Waals surface area contributed by atoms with E-state index in [-0.39, 0.29) is 16.2 Å². The van der Waals surface area contributed by atoms with E-state index in [0.29, 0.717) is 23.3 Å². The highest BCUT2D eigenvalue weighted by molar-refractivity contribution is 7.91. The van der Waals surface area contributed by atoms with Crippen LogP contribution in [0, 0.1) is 18.3 Å². The highest BCUT2D eigenvalue weighted by Gasteiger charge is 2.38. The van der Waals surface area contributed by atoms with Crippen LogP contribution in [0.3, 0.4) is 0 Å². The number of aliphatic hydroxyl groups excluding tert-OH is 1. The van der Waals surface area contributed by atoms with Crippen LogP contribution in [0.15, 0.2) is 4.21 Å². The van der Waals surface area contributed by atoms with Crippen LogP contribution in [0.5, 0.6) is 0 Å². The van der Waals surface area contributed by atoms with Crippen molar-refractivity contribution >= 4 is 26.5 Å². The minimum atomic E-state index is -3.72. The molecule has 2 heterocycles. The van der Waals surface area contributed by atoms with E-state index < -0.39 is 10.0 Å². The lowest BCUT2D eigenvalue weighted by Gasteiger charge is -2.44. The van der Waals surface area contributed by atoms with E-state index in [1.807, 2.05) is 0 Å². The third kappa shape index (κ3) is 3.23. The van der Waals surface area contributed by atoms with Gasteiger partial charge in [0.2, 0.25) is 10.0 Å². The summed E-state index contributed by atoms with van der Waals surface area (Å²) in [7, 11) is -3.72. The summed E-state index contributed by atoms with van der Waals surface area (Å²) >= 11 is 1.12. The monoisotopic (exact) mass is 333 g/mol. The molecule has 1 aromatic heterocycles. The van der Waals surface area contributed by atoms with E-state index >= 15 is 0 Å². The maximum Gasteiger partial charge on any atom is 0.249 e. The van der Waals surface area contributed by atoms with Gasteiger partial charge in [0, 0.05) is 18.5 Å². The molecular weight excluding hydrogens is 310 g/mol. The molecule has 0 radical (unpaired) electrons. The minimum absolute atomic E-state index is 0.127. The minimum Gasteiger partial charge on any atom is -0.396 e. The average Bonchev–Trinajstić information content (AvgIpc) is 2.80. The molecule has 3 N–H and O–H groups in total. The van der Waals surface area contributed by atoms with Gasteiger partial charge in [0.25, 0.3) is 0 Å². The maximum absolute atomic E-state index is 11.5. The Hall–Kier alpha value is -0.700. The smallest absolute Gasteiger partial charge is 0.249 e. The fraction of sp³-hybridized carbons (Fsp3) is 0.769. The molecule has 0 aliphatic carbocycles. The molecule has 1 aliphatic rings. The third-order valence-corrected chi connectivity index (χ3v) is 7.19. The lowest BCUT2D eigenvalue weighted by molar-refractivity contribution is 0.0600. The van der Waals surface area contributed by atoms with Gasteiger partial charge in [-0.15, -0.1) is 0 Å². The Kier molecular flexibility index (Phi) is 4.63. The average molecular weight is 333 g/mol. The van der Waals surface area contributed by atoms with Crippen molar-refractivity contribution in [2.75, 3.05) is 24.6 Å². The van der Waals surface area contributed by atoms with Gasteiger partial charge < -0.3 is 10.0 Å². The van der Waals surface area contributed by atoms with Gasteiger partial charge in [-0.1, -0.05) is 25.2 Å². The summed E-state index contributed by atoms with van der Waals surface area (Å²) in [6, 6.07) is 0. The van der Waals surface area contributed by atoms with Crippen molar-refractivity contribution in [2.45, 2.75) is 37.8 Å². The number of aromatic nitrogens is 1. The molecule has 1 atom stereocenters. The van der Waals surface area contributed by atoms with Crippen LogP contribution in [-0.4, -0.2) is 38.2 Å². The van der Waals surface area contributed by atoms with E-state index in [2.05, 4.69) is 23.7 Å². The number of hydrogen-bond acceptors (Lipinski definition) is 6. The molecule has 0 bridgehead atoms. The number of rotatable bonds is 4. The van der Waals surface area contributed by atoms with Gasteiger partial charge in [-0.3, -0.25) is 0 Å². The molecule has 0 saturated carbocycles. The molecule has 1 aromatic rings. The summed E-state index contributed by atoms with van der Waals surface area (Å²) in [4.78, 5) is 6.44. The van der Waals surface area contributed by atoms with Crippen LogP contribution in [0.4, 0.5) is 5.13 Å². The van der Waals surface area contributed by atoms with Crippen molar-refractivity contribution in [2.24, 2.45) is 16.5 Å². The van der Waals surface area contributed by atoms with Crippen LogP contribution < -0.4 is 10.0 Å². The first-order chi connectivity index (χ1) is 9.69. The Labute approximate surface area is 130 Å². The number of piperidine rings is 1. The Balaban J connectivity index is 2.31. The quantitative estimate of drug-likeness (QED) is 0.866. The Morgan fingerprint density at radius 1 is 1.52 bits per heavy atom. The molecule has 0 spiro atoms. The first-order valence-corrected chi connectivity index (χ1v) is 9.42. The van der Waals surface area contributed by atoms with E-state index in [1.165, 1.54) is 0 Å². The lowest BCUT2D eigenvalue weighted by Crippen LogP contribution is -2.48. The Bertz CT molecular complexity index is 612. The first kappa shape index (κ1) is 16.7. The zero-order valence-electron chi connectivity index (χ0n) is 12.7. The number of nitrogens with zero attached hydrogens (tertiary/aromatic N) is 2. The SMILES string of the molecule is Cc1nc(N2CCCC(CO)(C(C)C)C2)sc1S(N)(=O)=O. The Morgan fingerprint density at radius 2 is 2.19 bits per heavy atom. The van der Waals surface area contributed by atoms with Gasteiger partial charge in [-0.25, -0.2) is 18.5 Å². The molecule has 1 saturated heterocycles. The van der Waals surface area contributed by atoms with E-state index in [4.69, 9.17) is 5.14 Å². The predicted molar refractivity (Wildman–Crippen MR) is 84.0 cm³/mol. The van der Waals surface area contributed by atoms with Crippen LogP contribution in [0.2, 0.25) is 0 Å². The molecule has 6 nitrogen and oxygen atoms in total. The predicted octanol–water partition coefficient (Wildman–Crippen LogP) is 1.33. The number of aryl methyl sites for hydroxylation is 1. The summed E-state index contributed by atoms with van der Waals surface area (Å²) in [5.41, 5.74) is 0.293. The van der Waals surface area contributed by atoms with Crippen LogP contribution in [-0.2, 0) is 10.0 Å². The largest absolute Gasteiger partial charge is 0.396 e. The number of aliphatic hydroxyl groups is 1. The molecule has 1 fully saturated rings. The molecule has 1 aliphatic heterocycles. The summed E-state index contributed by atoms with van der Waals surface area (Å²) in [5, 5.41) is 15.7. The van der Waals surface area contributed by atoms with Crippen molar-refractivity contribution in [1.82, 2.24) is 4.98 Å². The van der Waals surface area contributed by atoms with Gasteiger partial charge in [0.1, 0.15) is 0 Å². The summed E-state index contributed by atoms with van der Waals surface area (Å²) < 4.78 is 23.2. The zero-order chi connectivity index (χ0) is 15.8. The lowest BCUT2D eigenvalue weighted by atomic mass is 9.72. The second-order valence-electron chi connectivity index (χ2n) is 6.11. The van der Waals surface area contributed by atoms with Gasteiger partial charge in [0.15, 0.2) is 9.34 Å². The second-order valence-corrected chi connectivity index (χ2v) is 8.85.